The number of carbonyl (C=O) groups is 2. The van der Waals surface area contributed by atoms with E-state index in [1.165, 1.54) is 28.8 Å². The van der Waals surface area contributed by atoms with Crippen LogP contribution in [0.3, 0.4) is 0 Å². The number of ether oxygens (including phenoxy) is 1. The van der Waals surface area contributed by atoms with Gasteiger partial charge in [-0.2, -0.15) is 0 Å². The molecule has 0 fully saturated rings. The summed E-state index contributed by atoms with van der Waals surface area (Å²) in [6.07, 6.45) is 2.63. The first-order chi connectivity index (χ1) is 19.6. The van der Waals surface area contributed by atoms with Crippen molar-refractivity contribution in [2.75, 3.05) is 30.3 Å². The summed E-state index contributed by atoms with van der Waals surface area (Å²) in [5.74, 6) is -0.595. The Kier molecular flexibility index (Phi) is 11.9. The van der Waals surface area contributed by atoms with Gasteiger partial charge < -0.3 is 15.0 Å². The third-order valence-electron chi connectivity index (χ3n) is 6.38. The Hall–Kier alpha value is -3.21. The standard InChI is InChI=1S/C30H36ClN3O5S2/c1-5-19-32-30(36)22(3)33(20-23-11-7-8-12-26(23)31)29(35)21-34(27-13-9-10-14-28(27)39-6-2)41(37,38)25-17-15-24(40-4)16-18-25/h7-18,22H,5-6,19-21H2,1-4H3,(H,32,36). The summed E-state index contributed by atoms with van der Waals surface area (Å²) < 4.78 is 35.0. The van der Waals surface area contributed by atoms with E-state index in [2.05, 4.69) is 5.32 Å². The van der Waals surface area contributed by atoms with E-state index in [-0.39, 0.29) is 23.0 Å². The molecule has 0 aromatic heterocycles. The summed E-state index contributed by atoms with van der Waals surface area (Å²) in [5, 5.41) is 3.26. The molecule has 3 rings (SSSR count). The number of hydrogen-bond acceptors (Lipinski definition) is 6. The van der Waals surface area contributed by atoms with Gasteiger partial charge in [0.1, 0.15) is 18.3 Å². The number of nitrogens with zero attached hydrogens (tertiary/aromatic N) is 2. The Balaban J connectivity index is 2.08. The Morgan fingerprint density at radius 3 is 2.29 bits per heavy atom. The summed E-state index contributed by atoms with van der Waals surface area (Å²) in [6, 6.07) is 19.3. The molecule has 0 saturated carbocycles. The van der Waals surface area contributed by atoms with Gasteiger partial charge in [0.05, 0.1) is 17.2 Å². The molecule has 1 atom stereocenters. The van der Waals surface area contributed by atoms with E-state index >= 15 is 0 Å². The van der Waals surface area contributed by atoms with E-state index in [1.807, 2.05) is 13.2 Å². The van der Waals surface area contributed by atoms with Crippen LogP contribution in [0.4, 0.5) is 5.69 Å². The number of para-hydroxylation sites is 2. The molecule has 0 heterocycles. The Bertz CT molecular complexity index is 1430. The van der Waals surface area contributed by atoms with Crippen LogP contribution in [0.1, 0.15) is 32.8 Å². The lowest BCUT2D eigenvalue weighted by atomic mass is 10.1. The topological polar surface area (TPSA) is 96.0 Å². The number of hydrogen-bond donors (Lipinski definition) is 1. The Morgan fingerprint density at radius 2 is 1.66 bits per heavy atom. The van der Waals surface area contributed by atoms with Crippen molar-refractivity contribution >= 4 is 50.9 Å². The predicted octanol–water partition coefficient (Wildman–Crippen LogP) is 5.60. The second-order valence-corrected chi connectivity index (χ2v) is 12.3. The summed E-state index contributed by atoms with van der Waals surface area (Å²) in [4.78, 5) is 29.4. The number of thioether (sulfide) groups is 1. The lowest BCUT2D eigenvalue weighted by Gasteiger charge is -2.32. The fraction of sp³-hybridized carbons (Fsp3) is 0.333. The van der Waals surface area contributed by atoms with Crippen LogP contribution in [-0.2, 0) is 26.2 Å². The van der Waals surface area contributed by atoms with Gasteiger partial charge in [0, 0.05) is 23.0 Å². The molecule has 1 N–H and O–H groups in total. The molecular formula is C30H36ClN3O5S2. The first kappa shape index (κ1) is 32.3. The van der Waals surface area contributed by atoms with Crippen molar-refractivity contribution in [1.29, 1.82) is 0 Å². The largest absolute Gasteiger partial charge is 0.492 e. The number of rotatable bonds is 14. The molecule has 0 radical (unpaired) electrons. The van der Waals surface area contributed by atoms with Crippen molar-refractivity contribution in [3.63, 3.8) is 0 Å². The first-order valence-corrected chi connectivity index (χ1v) is 16.4. The zero-order valence-electron chi connectivity index (χ0n) is 23.7. The number of halogens is 1. The molecule has 1 unspecified atom stereocenters. The van der Waals surface area contributed by atoms with Crippen molar-refractivity contribution in [2.45, 2.75) is 49.6 Å². The number of benzene rings is 3. The maximum absolute atomic E-state index is 14.1. The average molecular weight is 618 g/mol. The third-order valence-corrected chi connectivity index (χ3v) is 9.26. The third kappa shape index (κ3) is 8.18. The minimum absolute atomic E-state index is 0.0165. The van der Waals surface area contributed by atoms with Gasteiger partial charge in [-0.1, -0.05) is 48.9 Å². The van der Waals surface area contributed by atoms with Gasteiger partial charge in [-0.15, -0.1) is 11.8 Å². The van der Waals surface area contributed by atoms with Crippen molar-refractivity contribution < 1.29 is 22.7 Å². The molecule has 220 valence electrons. The summed E-state index contributed by atoms with van der Waals surface area (Å²) >= 11 is 7.90. The van der Waals surface area contributed by atoms with Crippen LogP contribution >= 0.6 is 23.4 Å². The van der Waals surface area contributed by atoms with Crippen LogP contribution in [0.25, 0.3) is 0 Å². The van der Waals surface area contributed by atoms with Crippen LogP contribution in [-0.4, -0.2) is 57.1 Å². The summed E-state index contributed by atoms with van der Waals surface area (Å²) in [5.41, 5.74) is 0.854. The molecule has 0 saturated heterocycles. The van der Waals surface area contributed by atoms with E-state index in [0.717, 1.165) is 15.6 Å². The minimum Gasteiger partial charge on any atom is -0.492 e. The van der Waals surface area contributed by atoms with Crippen LogP contribution in [0.15, 0.2) is 82.6 Å². The molecule has 0 aliphatic rings. The molecule has 8 nitrogen and oxygen atoms in total. The van der Waals surface area contributed by atoms with Gasteiger partial charge in [-0.05, 0) is 74.6 Å². The van der Waals surface area contributed by atoms with Gasteiger partial charge in [-0.25, -0.2) is 8.42 Å². The van der Waals surface area contributed by atoms with E-state index in [0.29, 0.717) is 29.5 Å². The maximum Gasteiger partial charge on any atom is 0.264 e. The monoisotopic (exact) mass is 617 g/mol. The smallest absolute Gasteiger partial charge is 0.264 e. The van der Waals surface area contributed by atoms with E-state index < -0.39 is 28.5 Å². The number of amides is 2. The number of carbonyl (C=O) groups excluding carboxylic acids is 2. The Morgan fingerprint density at radius 1 is 1.00 bits per heavy atom. The summed E-state index contributed by atoms with van der Waals surface area (Å²) in [6.45, 7) is 5.55. The zero-order chi connectivity index (χ0) is 30.0. The van der Waals surface area contributed by atoms with Gasteiger partial charge in [-0.3, -0.25) is 13.9 Å². The predicted molar refractivity (Wildman–Crippen MR) is 165 cm³/mol. The molecule has 3 aromatic rings. The summed E-state index contributed by atoms with van der Waals surface area (Å²) in [7, 11) is -4.22. The zero-order valence-corrected chi connectivity index (χ0v) is 26.1. The van der Waals surface area contributed by atoms with Crippen LogP contribution in [0.5, 0.6) is 5.75 Å². The second kappa shape index (κ2) is 15.1. The van der Waals surface area contributed by atoms with Crippen molar-refractivity contribution in [3.8, 4) is 5.75 Å². The van der Waals surface area contributed by atoms with Gasteiger partial charge >= 0.3 is 0 Å². The molecule has 0 bridgehead atoms. The number of sulfonamides is 1. The van der Waals surface area contributed by atoms with Crippen molar-refractivity contribution in [3.05, 3.63) is 83.4 Å². The maximum atomic E-state index is 14.1. The van der Waals surface area contributed by atoms with E-state index in [1.54, 1.807) is 74.5 Å². The quantitative estimate of drug-likeness (QED) is 0.237. The Labute approximate surface area is 252 Å². The van der Waals surface area contributed by atoms with E-state index in [4.69, 9.17) is 16.3 Å². The molecule has 0 spiro atoms. The molecule has 2 amide bonds. The highest BCUT2D eigenvalue weighted by atomic mass is 35.5. The highest BCUT2D eigenvalue weighted by molar-refractivity contribution is 7.98. The van der Waals surface area contributed by atoms with Crippen LogP contribution in [0.2, 0.25) is 5.02 Å². The van der Waals surface area contributed by atoms with Crippen molar-refractivity contribution in [1.82, 2.24) is 10.2 Å². The highest BCUT2D eigenvalue weighted by Gasteiger charge is 2.34. The van der Waals surface area contributed by atoms with Crippen LogP contribution in [0, 0.1) is 0 Å². The number of anilines is 1. The average Bonchev–Trinajstić information content (AvgIpc) is 2.98. The SMILES string of the molecule is CCCNC(=O)C(C)N(Cc1ccccc1Cl)C(=O)CN(c1ccccc1OCC)S(=O)(=O)c1ccc(SC)cc1. The lowest BCUT2D eigenvalue weighted by molar-refractivity contribution is -0.139. The molecular weight excluding hydrogens is 582 g/mol. The van der Waals surface area contributed by atoms with Gasteiger partial charge in [0.15, 0.2) is 0 Å². The fourth-order valence-electron chi connectivity index (χ4n) is 4.12. The van der Waals surface area contributed by atoms with Crippen molar-refractivity contribution in [2.24, 2.45) is 0 Å². The first-order valence-electron chi connectivity index (χ1n) is 13.3. The molecule has 11 heteroatoms. The number of nitrogens with one attached hydrogen (secondary N) is 1. The minimum atomic E-state index is -4.22. The molecule has 0 aliphatic heterocycles. The fourth-order valence-corrected chi connectivity index (χ4v) is 6.15. The molecule has 0 aliphatic carbocycles. The van der Waals surface area contributed by atoms with E-state index in [9.17, 15) is 18.0 Å². The van der Waals surface area contributed by atoms with Gasteiger partial charge in [0.25, 0.3) is 10.0 Å². The van der Waals surface area contributed by atoms with Crippen LogP contribution < -0.4 is 14.4 Å². The molecule has 41 heavy (non-hydrogen) atoms. The second-order valence-electron chi connectivity index (χ2n) is 9.17. The molecule has 3 aromatic carbocycles. The highest BCUT2D eigenvalue weighted by Crippen LogP contribution is 2.33. The van der Waals surface area contributed by atoms with Gasteiger partial charge in [0.2, 0.25) is 11.8 Å². The normalized spacial score (nSPS) is 11.9. The lowest BCUT2D eigenvalue weighted by Crippen LogP contribution is -2.51.